The molecule has 0 bridgehead atoms. The lowest BCUT2D eigenvalue weighted by molar-refractivity contribution is 0.467. The van der Waals surface area contributed by atoms with Gasteiger partial charge in [0, 0.05) is 16.6 Å². The Bertz CT molecular complexity index is 401. The van der Waals surface area contributed by atoms with Gasteiger partial charge < -0.3 is 5.11 Å². The highest BCUT2D eigenvalue weighted by atomic mass is 79.9. The molecule has 1 atom stereocenters. The molecular formula is C11H16BrNO2S. The zero-order chi connectivity index (χ0) is 12.3. The van der Waals surface area contributed by atoms with Crippen LogP contribution in [0.25, 0.3) is 0 Å². The van der Waals surface area contributed by atoms with E-state index in [1.54, 1.807) is 12.1 Å². The van der Waals surface area contributed by atoms with E-state index in [4.69, 9.17) is 0 Å². The molecule has 1 aromatic carbocycles. The maximum Gasteiger partial charge on any atom is 0.120 e. The van der Waals surface area contributed by atoms with Gasteiger partial charge in [-0.15, -0.1) is 0 Å². The fraction of sp³-hybridized carbons (Fsp3) is 0.455. The molecule has 0 aliphatic carbocycles. The van der Waals surface area contributed by atoms with Gasteiger partial charge in [0.05, 0.1) is 15.7 Å². The van der Waals surface area contributed by atoms with Crippen molar-refractivity contribution in [2.24, 2.45) is 0 Å². The summed E-state index contributed by atoms with van der Waals surface area (Å²) in [5.41, 5.74) is 0.729. The van der Waals surface area contributed by atoms with Gasteiger partial charge in [-0.05, 0) is 39.0 Å². The lowest BCUT2D eigenvalue weighted by Gasteiger charge is -2.18. The lowest BCUT2D eigenvalue weighted by atomic mass is 10.2. The fourth-order valence-corrected chi connectivity index (χ4v) is 2.18. The molecular weight excluding hydrogens is 290 g/mol. The molecule has 16 heavy (non-hydrogen) atoms. The van der Waals surface area contributed by atoms with Crippen LogP contribution >= 0.6 is 15.9 Å². The van der Waals surface area contributed by atoms with Gasteiger partial charge in [0.15, 0.2) is 0 Å². The molecule has 0 amide bonds. The van der Waals surface area contributed by atoms with Crippen LogP contribution in [0.5, 0.6) is 5.75 Å². The molecule has 1 aromatic rings. The molecule has 0 saturated carbocycles. The first-order valence-corrected chi connectivity index (χ1v) is 6.88. The predicted octanol–water partition coefficient (Wildman–Crippen LogP) is 2.71. The van der Waals surface area contributed by atoms with E-state index >= 15 is 0 Å². The van der Waals surface area contributed by atoms with Crippen LogP contribution < -0.4 is 4.72 Å². The highest BCUT2D eigenvalue weighted by Crippen LogP contribution is 2.22. The van der Waals surface area contributed by atoms with Crippen LogP contribution in [0.15, 0.2) is 22.7 Å². The zero-order valence-electron chi connectivity index (χ0n) is 9.58. The third-order valence-electron chi connectivity index (χ3n) is 1.99. The Morgan fingerprint density at radius 2 is 2.06 bits per heavy atom. The van der Waals surface area contributed by atoms with Crippen LogP contribution in [-0.4, -0.2) is 14.1 Å². The number of rotatable bonds is 3. The first-order chi connectivity index (χ1) is 7.30. The third-order valence-corrected chi connectivity index (χ3v) is 4.00. The Morgan fingerprint density at radius 3 is 2.62 bits per heavy atom. The number of aromatic hydroxyl groups is 1. The first-order valence-electron chi connectivity index (χ1n) is 4.93. The van der Waals surface area contributed by atoms with E-state index in [9.17, 15) is 9.32 Å². The molecule has 1 rings (SSSR count). The van der Waals surface area contributed by atoms with Gasteiger partial charge in [-0.3, -0.25) is 0 Å². The second kappa shape index (κ2) is 5.29. The Kier molecular flexibility index (Phi) is 4.52. The average molecular weight is 306 g/mol. The molecule has 0 radical (unpaired) electrons. The normalized spacial score (nSPS) is 13.8. The summed E-state index contributed by atoms with van der Waals surface area (Å²) in [4.78, 5) is 0. The number of halogens is 1. The quantitative estimate of drug-likeness (QED) is 0.902. The molecule has 0 spiro atoms. The maximum absolute atomic E-state index is 11.7. The molecule has 2 N–H and O–H groups in total. The number of nitrogens with one attached hydrogen (secondary N) is 1. The Balaban J connectivity index is 2.68. The van der Waals surface area contributed by atoms with E-state index < -0.39 is 11.0 Å². The average Bonchev–Trinajstić information content (AvgIpc) is 2.17. The molecule has 3 nitrogen and oxygen atoms in total. The van der Waals surface area contributed by atoms with Crippen molar-refractivity contribution < 1.29 is 9.32 Å². The van der Waals surface area contributed by atoms with E-state index in [2.05, 4.69) is 20.7 Å². The summed E-state index contributed by atoms with van der Waals surface area (Å²) < 4.78 is 15.2. The number of phenols is 1. The van der Waals surface area contributed by atoms with Crippen molar-refractivity contribution in [2.75, 3.05) is 0 Å². The molecule has 0 heterocycles. The van der Waals surface area contributed by atoms with Crippen LogP contribution in [0.3, 0.4) is 0 Å². The number of phenolic OH excluding ortho intramolecular Hbond substituents is 1. The summed E-state index contributed by atoms with van der Waals surface area (Å²) in [5.74, 6) is 0.210. The Hall–Kier alpha value is -0.390. The first kappa shape index (κ1) is 13.7. The van der Waals surface area contributed by atoms with Crippen LogP contribution in [0.2, 0.25) is 0 Å². The minimum absolute atomic E-state index is 0.210. The number of benzene rings is 1. The third kappa shape index (κ3) is 3.88. The van der Waals surface area contributed by atoms with Gasteiger partial charge in [-0.25, -0.2) is 8.93 Å². The zero-order valence-corrected chi connectivity index (χ0v) is 12.0. The van der Waals surface area contributed by atoms with E-state index in [0.29, 0.717) is 6.54 Å². The smallest absolute Gasteiger partial charge is 0.120 e. The van der Waals surface area contributed by atoms with Crippen molar-refractivity contribution in [3.63, 3.8) is 0 Å². The minimum Gasteiger partial charge on any atom is -0.508 e. The highest BCUT2D eigenvalue weighted by Gasteiger charge is 2.19. The van der Waals surface area contributed by atoms with Gasteiger partial charge in [-0.1, -0.05) is 15.9 Å². The summed E-state index contributed by atoms with van der Waals surface area (Å²) >= 11 is 3.33. The van der Waals surface area contributed by atoms with Crippen molar-refractivity contribution in [1.82, 2.24) is 4.72 Å². The van der Waals surface area contributed by atoms with Crippen LogP contribution in [0.4, 0.5) is 0 Å². The summed E-state index contributed by atoms with van der Waals surface area (Å²) in [7, 11) is -1.13. The van der Waals surface area contributed by atoms with Gasteiger partial charge in [0.1, 0.15) is 5.75 Å². The molecule has 0 aromatic heterocycles. The van der Waals surface area contributed by atoms with Crippen LogP contribution in [-0.2, 0) is 17.5 Å². The molecule has 0 aliphatic heterocycles. The summed E-state index contributed by atoms with van der Waals surface area (Å²) in [5, 5.41) is 9.59. The van der Waals surface area contributed by atoms with Crippen molar-refractivity contribution in [3.05, 3.63) is 28.2 Å². The summed E-state index contributed by atoms with van der Waals surface area (Å²) in [6.45, 7) is 6.08. The van der Waals surface area contributed by atoms with Crippen LogP contribution in [0, 0.1) is 0 Å². The fourth-order valence-electron chi connectivity index (χ4n) is 1.06. The van der Waals surface area contributed by atoms with E-state index in [0.717, 1.165) is 10.0 Å². The lowest BCUT2D eigenvalue weighted by Crippen LogP contribution is -2.32. The van der Waals surface area contributed by atoms with Crippen LogP contribution in [0.1, 0.15) is 26.3 Å². The largest absolute Gasteiger partial charge is 0.508 e. The van der Waals surface area contributed by atoms with Gasteiger partial charge in [-0.2, -0.15) is 0 Å². The van der Waals surface area contributed by atoms with Crippen molar-refractivity contribution >= 4 is 26.9 Å². The van der Waals surface area contributed by atoms with E-state index in [1.807, 2.05) is 26.8 Å². The molecule has 0 saturated heterocycles. The second-order valence-corrected chi connectivity index (χ2v) is 7.44. The van der Waals surface area contributed by atoms with Crippen molar-refractivity contribution in [3.8, 4) is 5.75 Å². The Morgan fingerprint density at radius 1 is 1.44 bits per heavy atom. The topological polar surface area (TPSA) is 49.3 Å². The van der Waals surface area contributed by atoms with Gasteiger partial charge in [0.2, 0.25) is 0 Å². The monoisotopic (exact) mass is 305 g/mol. The standard InChI is InChI=1S/C11H16BrNO2S/c1-11(2,3)16(15)13-7-8-6-9(12)4-5-10(8)14/h4-6,13-14H,7H2,1-3H3. The minimum atomic E-state index is -1.13. The van der Waals surface area contributed by atoms with E-state index in [-0.39, 0.29) is 10.5 Å². The van der Waals surface area contributed by atoms with Crippen molar-refractivity contribution in [2.45, 2.75) is 32.1 Å². The maximum atomic E-state index is 11.7. The molecule has 90 valence electrons. The molecule has 0 fully saturated rings. The summed E-state index contributed by atoms with van der Waals surface area (Å²) in [6.07, 6.45) is 0. The van der Waals surface area contributed by atoms with Gasteiger partial charge >= 0.3 is 0 Å². The second-order valence-electron chi connectivity index (χ2n) is 4.48. The van der Waals surface area contributed by atoms with Gasteiger partial charge in [0.25, 0.3) is 0 Å². The Labute approximate surface area is 107 Å². The SMILES string of the molecule is CC(C)(C)S(=O)NCc1cc(Br)ccc1O. The van der Waals surface area contributed by atoms with Crippen molar-refractivity contribution in [1.29, 1.82) is 0 Å². The highest BCUT2D eigenvalue weighted by molar-refractivity contribution is 9.10. The number of hydrogen-bond donors (Lipinski definition) is 2. The molecule has 5 heteroatoms. The molecule has 0 aliphatic rings. The van der Waals surface area contributed by atoms with E-state index in [1.165, 1.54) is 0 Å². The molecule has 1 unspecified atom stereocenters. The number of hydrogen-bond acceptors (Lipinski definition) is 2. The summed E-state index contributed by atoms with van der Waals surface area (Å²) in [6, 6.07) is 5.18. The predicted molar refractivity (Wildman–Crippen MR) is 70.5 cm³/mol.